The molecule has 8 aromatic rings. The first-order valence-corrected chi connectivity index (χ1v) is 39.5. The van der Waals surface area contributed by atoms with Crippen LogP contribution < -0.4 is 10.6 Å². The molecule has 8 aromatic carbocycles. The number of aldehydes is 3. The van der Waals surface area contributed by atoms with E-state index in [-0.39, 0.29) is 29.1 Å². The van der Waals surface area contributed by atoms with Crippen molar-refractivity contribution < 1.29 is 50.2 Å². The number of carbonyl (C=O) groups is 3. The van der Waals surface area contributed by atoms with Gasteiger partial charge in [-0.2, -0.15) is 0 Å². The molecule has 16 heteroatoms. The molecule has 2 aliphatic rings. The Bertz CT molecular complexity index is 3980. The molecule has 0 spiro atoms. The highest BCUT2D eigenvalue weighted by molar-refractivity contribution is 7.91. The van der Waals surface area contributed by atoms with Gasteiger partial charge in [0, 0.05) is 70.1 Å². The van der Waals surface area contributed by atoms with E-state index in [0.717, 1.165) is 61.0 Å². The minimum absolute atomic E-state index is 0.0714. The van der Waals surface area contributed by atoms with E-state index >= 15 is 0 Å². The summed E-state index contributed by atoms with van der Waals surface area (Å²) in [7, 11) is -6.96. The van der Waals surface area contributed by atoms with Gasteiger partial charge in [-0.1, -0.05) is 257 Å². The van der Waals surface area contributed by atoms with Crippen LogP contribution in [0.25, 0.3) is 0 Å². The van der Waals surface area contributed by atoms with Crippen molar-refractivity contribution in [3.8, 4) is 0 Å². The largest absolute Gasteiger partial charge is 0.772 e. The smallest absolute Gasteiger partial charge is 0.179 e. The monoisotopic (exact) mass is 1430 g/mol. The predicted molar refractivity (Wildman–Crippen MR) is 417 cm³/mol. The second kappa shape index (κ2) is 40.2. The molecule has 0 saturated carbocycles. The summed E-state index contributed by atoms with van der Waals surface area (Å²) in [5, 5.41) is 28.8. The van der Waals surface area contributed by atoms with E-state index in [4.69, 9.17) is 0 Å². The number of fused-ring (bicyclic) bond motifs is 2. The van der Waals surface area contributed by atoms with E-state index in [2.05, 4.69) is 135 Å². The van der Waals surface area contributed by atoms with Gasteiger partial charge in [0.2, 0.25) is 0 Å². The molecule has 4 N–H and O–H groups in total. The van der Waals surface area contributed by atoms with Crippen LogP contribution in [0.15, 0.2) is 204 Å². The Kier molecular flexibility index (Phi) is 34.1. The van der Waals surface area contributed by atoms with E-state index < -0.39 is 64.6 Å². The first-order valence-electron chi connectivity index (χ1n) is 35.0. The number of nitrogens with one attached hydrogen (secondary N) is 2. The second-order valence-electron chi connectivity index (χ2n) is 28.5. The lowest BCUT2D eigenvalue weighted by Gasteiger charge is -2.33. The molecule has 5 atom stereocenters. The zero-order chi connectivity index (χ0) is 75.4. The summed E-state index contributed by atoms with van der Waals surface area (Å²) in [6.07, 6.45) is 5.38. The maximum Gasteiger partial charge on any atom is 0.179 e. The van der Waals surface area contributed by atoms with Crippen LogP contribution in [0.3, 0.4) is 0 Å². The van der Waals surface area contributed by atoms with Crippen LogP contribution in [-0.4, -0.2) is 97.2 Å². The summed E-state index contributed by atoms with van der Waals surface area (Å²) in [6.45, 7) is 32.1. The Labute approximate surface area is 607 Å². The average molecular weight is 1430 g/mol. The molecular weight excluding hydrogens is 1320 g/mol. The molecule has 101 heavy (non-hydrogen) atoms. The van der Waals surface area contributed by atoms with E-state index in [1.807, 2.05) is 128 Å². The number of anilines is 2. The number of benzene rings is 8. The zero-order valence-electron chi connectivity index (χ0n) is 62.4. The van der Waals surface area contributed by atoms with Crippen molar-refractivity contribution in [3.05, 3.63) is 261 Å². The molecule has 2 aliphatic heterocycles. The first-order chi connectivity index (χ1) is 47.7. The van der Waals surface area contributed by atoms with Crippen LogP contribution in [0, 0.1) is 42.4 Å². The number of aliphatic hydroxyl groups excluding tert-OH is 2. The fourth-order valence-corrected chi connectivity index (χ4v) is 16.9. The minimum atomic E-state index is -3.48. The third kappa shape index (κ3) is 26.6. The van der Waals surface area contributed by atoms with Crippen molar-refractivity contribution in [2.45, 2.75) is 177 Å². The van der Waals surface area contributed by atoms with Gasteiger partial charge < -0.3 is 39.8 Å². The molecule has 0 saturated heterocycles. The number of aryl methyl sites for hydroxylation is 4. The standard InChI is InChI=1S/2C20H25NO3S.C17H20.C15H16.C6H10O2.C5H10O3S.C2H6/c2*1-4-21-15-10-11-17-16(12-15)18(14-8-6-5-7-9-14)19(22)20(2,3)13-25(17,23)24;1-3-7-15-11-10-14(2)17(12-15)13-16-8-5-4-6-9-16;1-12-8-9-13(2)15(10-12)11-14-6-4-3-5-7-14;1-6(2,5-8)3-4-7;1-5(2,3-6)4-9(7)8;1-2/h2*5-12,18-19,21-22H,4,13H2,1-3H3;4-6,8-12H,3,7,13H2,1-2H3;3-10H,11H2,1-2H3;4-5H,3H2,1-2H3;3H,4H2,1-2H3,(H,7,8);1-2H3/p-1. The fraction of sp³-hybridized carbons (Fsp3) is 0.400. The SMILES string of the molecule is CC.CC(C)(C=O)CC=O.CC(C)(C=O)CS(=O)[O-].CCCc1ccc(C)c(Cc2ccccc2)c1.CCNc1ccc2c(c1)C(c1ccccc1)C(O)C(C)(C)CS2(=O)=O.CCNc1ccc2c(c1)C(c1ccccc1)C(O)C(C)(C)CS2(=O)=O.Cc1ccc(C)c(Cc2ccccc2)c1. The molecular formula is C85H111N2O11S3-. The van der Waals surface area contributed by atoms with Gasteiger partial charge in [0.05, 0.1) is 33.5 Å². The van der Waals surface area contributed by atoms with Crippen molar-refractivity contribution in [2.75, 3.05) is 41.0 Å². The molecule has 546 valence electrons. The topological polar surface area (TPSA) is 224 Å². The minimum Gasteiger partial charge on any atom is -0.772 e. The molecule has 0 aromatic heterocycles. The predicted octanol–water partition coefficient (Wildman–Crippen LogP) is 17.2. The molecule has 0 fully saturated rings. The van der Waals surface area contributed by atoms with Gasteiger partial charge in [0.15, 0.2) is 19.7 Å². The summed E-state index contributed by atoms with van der Waals surface area (Å²) in [6, 6.07) is 64.9. The van der Waals surface area contributed by atoms with Crippen molar-refractivity contribution in [3.63, 3.8) is 0 Å². The maximum absolute atomic E-state index is 13.0. The lowest BCUT2D eigenvalue weighted by molar-refractivity contribution is -0.119. The van der Waals surface area contributed by atoms with Gasteiger partial charge in [-0.3, -0.25) is 4.21 Å². The summed E-state index contributed by atoms with van der Waals surface area (Å²) < 4.78 is 71.9. The van der Waals surface area contributed by atoms with E-state index in [0.29, 0.717) is 33.6 Å². The molecule has 5 unspecified atom stereocenters. The zero-order valence-corrected chi connectivity index (χ0v) is 64.8. The van der Waals surface area contributed by atoms with Gasteiger partial charge in [0.1, 0.15) is 18.9 Å². The van der Waals surface area contributed by atoms with Gasteiger partial charge >= 0.3 is 0 Å². The molecule has 0 bridgehead atoms. The Morgan fingerprint density at radius 3 is 1.23 bits per heavy atom. The highest BCUT2D eigenvalue weighted by Crippen LogP contribution is 2.47. The molecule has 0 aliphatic carbocycles. The van der Waals surface area contributed by atoms with Gasteiger partial charge in [0.25, 0.3) is 0 Å². The van der Waals surface area contributed by atoms with Gasteiger partial charge in [-0.15, -0.1) is 0 Å². The highest BCUT2D eigenvalue weighted by Gasteiger charge is 2.46. The number of rotatable bonds is 18. The molecule has 2 heterocycles. The van der Waals surface area contributed by atoms with Gasteiger partial charge in [-0.05, 0) is 151 Å². The Morgan fingerprint density at radius 1 is 0.515 bits per heavy atom. The molecule has 0 radical (unpaired) electrons. The normalized spacial score (nSPS) is 17.5. The Balaban J connectivity index is 0.000000267. The number of sulfone groups is 2. The average Bonchev–Trinajstić information content (AvgIpc) is 1.62. The summed E-state index contributed by atoms with van der Waals surface area (Å²) in [5.41, 5.74) is 13.5. The van der Waals surface area contributed by atoms with Crippen LogP contribution >= 0.6 is 0 Å². The number of hydrogen-bond acceptors (Lipinski definition) is 13. The highest BCUT2D eigenvalue weighted by atomic mass is 32.2. The Morgan fingerprint density at radius 2 is 0.891 bits per heavy atom. The van der Waals surface area contributed by atoms with E-state index in [1.54, 1.807) is 52.0 Å². The molecule has 0 amide bonds. The summed E-state index contributed by atoms with van der Waals surface area (Å²) >= 11 is -2.12. The van der Waals surface area contributed by atoms with E-state index in [9.17, 15) is 50.2 Å². The van der Waals surface area contributed by atoms with Crippen molar-refractivity contribution in [2.24, 2.45) is 21.7 Å². The lowest BCUT2D eigenvalue weighted by atomic mass is 9.75. The number of carbonyl (C=O) groups excluding carboxylic acids is 3. The maximum atomic E-state index is 13.0. The van der Waals surface area contributed by atoms with Crippen molar-refractivity contribution >= 4 is 61.0 Å². The van der Waals surface area contributed by atoms with Crippen molar-refractivity contribution in [1.29, 1.82) is 0 Å². The third-order valence-corrected chi connectivity index (χ3v) is 22.8. The number of aliphatic hydroxyl groups is 2. The quantitative estimate of drug-likeness (QED) is 0.0464. The first kappa shape index (κ1) is 85.7. The Hall–Kier alpha value is -7.70. The van der Waals surface area contributed by atoms with Crippen LogP contribution in [0.2, 0.25) is 0 Å². The second-order valence-corrected chi connectivity index (χ2v) is 33.3. The van der Waals surface area contributed by atoms with Crippen LogP contribution in [0.4, 0.5) is 11.4 Å². The summed E-state index contributed by atoms with van der Waals surface area (Å²) in [5.74, 6) is -1.02. The van der Waals surface area contributed by atoms with Crippen LogP contribution in [-0.2, 0) is 64.4 Å². The fourth-order valence-electron chi connectivity index (χ4n) is 12.0. The third-order valence-electron chi connectivity index (χ3n) is 17.5. The molecule has 10 rings (SSSR count). The van der Waals surface area contributed by atoms with Crippen LogP contribution in [0.1, 0.15) is 181 Å². The van der Waals surface area contributed by atoms with E-state index in [1.165, 1.54) is 57.3 Å². The van der Waals surface area contributed by atoms with Crippen molar-refractivity contribution in [1.82, 2.24) is 0 Å². The number of hydrogen-bond donors (Lipinski definition) is 4. The molecule has 13 nitrogen and oxygen atoms in total. The van der Waals surface area contributed by atoms with Gasteiger partial charge in [-0.25, -0.2) is 16.8 Å². The lowest BCUT2D eigenvalue weighted by Crippen LogP contribution is -2.38. The summed E-state index contributed by atoms with van der Waals surface area (Å²) in [4.78, 5) is 30.6. The van der Waals surface area contributed by atoms with Crippen LogP contribution in [0.5, 0.6) is 0 Å².